The summed E-state index contributed by atoms with van der Waals surface area (Å²) < 4.78 is 10.8. The third-order valence-electron chi connectivity index (χ3n) is 4.29. The Bertz CT molecular complexity index is 1000. The van der Waals surface area contributed by atoms with Crippen molar-refractivity contribution < 1.29 is 19.1 Å². The van der Waals surface area contributed by atoms with E-state index in [1.807, 2.05) is 6.07 Å². The van der Waals surface area contributed by atoms with Crippen LogP contribution in [0.4, 0.5) is 0 Å². The van der Waals surface area contributed by atoms with E-state index in [1.54, 1.807) is 73.8 Å². The molecule has 0 saturated heterocycles. The van der Waals surface area contributed by atoms with E-state index in [9.17, 15) is 9.59 Å². The molecule has 3 aromatic rings. The Kier molecular flexibility index (Phi) is 7.43. The lowest BCUT2D eigenvalue weighted by Gasteiger charge is -2.11. The van der Waals surface area contributed by atoms with Crippen molar-refractivity contribution in [3.63, 3.8) is 0 Å². The number of hydrogen-bond acceptors (Lipinski definition) is 4. The minimum absolute atomic E-state index is 0.303. The largest absolute Gasteiger partial charge is 0.489 e. The van der Waals surface area contributed by atoms with Gasteiger partial charge in [-0.15, -0.1) is 0 Å². The molecule has 0 heterocycles. The van der Waals surface area contributed by atoms with Crippen LogP contribution in [0, 0.1) is 0 Å². The van der Waals surface area contributed by atoms with Gasteiger partial charge < -0.3 is 9.47 Å². The average Bonchev–Trinajstić information content (AvgIpc) is 2.78. The molecular weight excluding hydrogens is 404 g/mol. The maximum atomic E-state index is 12.4. The molecule has 154 valence electrons. The number of methoxy groups -OCH3 is 1. The lowest BCUT2D eigenvalue weighted by Crippen LogP contribution is -2.42. The van der Waals surface area contributed by atoms with Gasteiger partial charge in [0.2, 0.25) is 0 Å². The smallest absolute Gasteiger partial charge is 0.270 e. The number of rotatable bonds is 7. The predicted molar refractivity (Wildman–Crippen MR) is 114 cm³/mol. The SMILES string of the molecule is COCc1ccccc1C(=O)NNC(=O)c1ccc(COc2ccc(Cl)cc2)cc1. The molecule has 0 bridgehead atoms. The van der Waals surface area contributed by atoms with Crippen LogP contribution in [-0.2, 0) is 18.0 Å². The van der Waals surface area contributed by atoms with E-state index in [2.05, 4.69) is 10.9 Å². The molecule has 0 aliphatic rings. The standard InChI is InChI=1S/C23H21ClN2O4/c1-29-15-18-4-2-3-5-21(18)23(28)26-25-22(27)17-8-6-16(7-9-17)14-30-20-12-10-19(24)11-13-20/h2-13H,14-15H2,1H3,(H,25,27)(H,26,28). The van der Waals surface area contributed by atoms with E-state index in [0.717, 1.165) is 11.1 Å². The van der Waals surface area contributed by atoms with Gasteiger partial charge in [-0.3, -0.25) is 20.4 Å². The first-order valence-electron chi connectivity index (χ1n) is 9.21. The first-order valence-corrected chi connectivity index (χ1v) is 9.59. The van der Waals surface area contributed by atoms with Gasteiger partial charge in [-0.1, -0.05) is 41.9 Å². The minimum Gasteiger partial charge on any atom is -0.489 e. The lowest BCUT2D eigenvalue weighted by molar-refractivity contribution is 0.0844. The molecule has 0 atom stereocenters. The number of benzene rings is 3. The monoisotopic (exact) mass is 424 g/mol. The summed E-state index contributed by atoms with van der Waals surface area (Å²) in [6.45, 7) is 0.660. The maximum absolute atomic E-state index is 12.4. The van der Waals surface area contributed by atoms with Crippen molar-refractivity contribution in [1.29, 1.82) is 0 Å². The molecule has 3 rings (SSSR count). The number of hydrogen-bond donors (Lipinski definition) is 2. The minimum atomic E-state index is -0.419. The molecule has 0 spiro atoms. The predicted octanol–water partition coefficient (Wildman–Crippen LogP) is 4.14. The van der Waals surface area contributed by atoms with Gasteiger partial charge >= 0.3 is 0 Å². The number of carbonyl (C=O) groups excluding carboxylic acids is 2. The highest BCUT2D eigenvalue weighted by Gasteiger charge is 2.12. The summed E-state index contributed by atoms with van der Waals surface area (Å²) in [6, 6.07) is 21.1. The van der Waals surface area contributed by atoms with Gasteiger partial charge in [0.15, 0.2) is 0 Å². The van der Waals surface area contributed by atoms with E-state index >= 15 is 0 Å². The summed E-state index contributed by atoms with van der Waals surface area (Å²) in [4.78, 5) is 24.7. The Balaban J connectivity index is 1.53. The molecule has 0 aliphatic carbocycles. The van der Waals surface area contributed by atoms with Crippen LogP contribution in [-0.4, -0.2) is 18.9 Å². The summed E-state index contributed by atoms with van der Waals surface area (Å²) in [5.74, 6) is -0.126. The van der Waals surface area contributed by atoms with Crippen molar-refractivity contribution in [2.24, 2.45) is 0 Å². The summed E-state index contributed by atoms with van der Waals surface area (Å²) >= 11 is 5.85. The third-order valence-corrected chi connectivity index (χ3v) is 4.54. The number of ether oxygens (including phenoxy) is 2. The van der Waals surface area contributed by atoms with Crippen LogP contribution in [0.15, 0.2) is 72.8 Å². The zero-order valence-electron chi connectivity index (χ0n) is 16.4. The van der Waals surface area contributed by atoms with Crippen LogP contribution < -0.4 is 15.6 Å². The van der Waals surface area contributed by atoms with Crippen LogP contribution in [0.5, 0.6) is 5.75 Å². The molecular formula is C23H21ClN2O4. The molecule has 2 N–H and O–H groups in total. The zero-order valence-corrected chi connectivity index (χ0v) is 17.1. The molecule has 6 nitrogen and oxygen atoms in total. The first-order chi connectivity index (χ1) is 14.6. The Morgan fingerprint density at radius 3 is 2.20 bits per heavy atom. The van der Waals surface area contributed by atoms with Gasteiger partial charge in [-0.2, -0.15) is 0 Å². The maximum Gasteiger partial charge on any atom is 0.270 e. The van der Waals surface area contributed by atoms with E-state index < -0.39 is 11.8 Å². The number of carbonyl (C=O) groups is 2. The molecule has 3 aromatic carbocycles. The number of hydrazine groups is 1. The van der Waals surface area contributed by atoms with Gasteiger partial charge in [0.25, 0.3) is 11.8 Å². The second kappa shape index (κ2) is 10.4. The van der Waals surface area contributed by atoms with Gasteiger partial charge in [-0.05, 0) is 53.6 Å². The van der Waals surface area contributed by atoms with Crippen molar-refractivity contribution >= 4 is 23.4 Å². The summed E-state index contributed by atoms with van der Waals surface area (Å²) in [5, 5.41) is 0.645. The van der Waals surface area contributed by atoms with Gasteiger partial charge in [0, 0.05) is 23.3 Å². The van der Waals surface area contributed by atoms with E-state index in [-0.39, 0.29) is 0 Å². The quantitative estimate of drug-likeness (QED) is 0.559. The Morgan fingerprint density at radius 1 is 0.833 bits per heavy atom. The fourth-order valence-electron chi connectivity index (χ4n) is 2.73. The highest BCUT2D eigenvalue weighted by atomic mass is 35.5. The number of halogens is 1. The van der Waals surface area contributed by atoms with Crippen LogP contribution in [0.1, 0.15) is 31.8 Å². The first kappa shape index (κ1) is 21.4. The highest BCUT2D eigenvalue weighted by molar-refractivity contribution is 6.30. The number of amides is 2. The summed E-state index contributed by atoms with van der Waals surface area (Å²) in [7, 11) is 1.56. The lowest BCUT2D eigenvalue weighted by atomic mass is 10.1. The van der Waals surface area contributed by atoms with E-state index in [4.69, 9.17) is 21.1 Å². The van der Waals surface area contributed by atoms with Crippen LogP contribution in [0.3, 0.4) is 0 Å². The summed E-state index contributed by atoms with van der Waals surface area (Å²) in [6.07, 6.45) is 0. The Morgan fingerprint density at radius 2 is 1.50 bits per heavy atom. The van der Waals surface area contributed by atoms with E-state index in [1.165, 1.54) is 0 Å². The molecule has 0 radical (unpaired) electrons. The molecule has 0 unspecified atom stereocenters. The Labute approximate surface area is 179 Å². The van der Waals surface area contributed by atoms with Gasteiger partial charge in [-0.25, -0.2) is 0 Å². The second-order valence-corrected chi connectivity index (χ2v) is 6.87. The van der Waals surface area contributed by atoms with Crippen molar-refractivity contribution in [1.82, 2.24) is 10.9 Å². The fraction of sp³-hybridized carbons (Fsp3) is 0.130. The third kappa shape index (κ3) is 5.83. The molecule has 0 aliphatic heterocycles. The topological polar surface area (TPSA) is 76.7 Å². The normalized spacial score (nSPS) is 10.3. The molecule has 2 amide bonds. The Hall–Kier alpha value is -3.35. The van der Waals surface area contributed by atoms with Crippen LogP contribution in [0.25, 0.3) is 0 Å². The van der Waals surface area contributed by atoms with Crippen molar-refractivity contribution in [2.75, 3.05) is 7.11 Å². The average molecular weight is 425 g/mol. The van der Waals surface area contributed by atoms with Gasteiger partial charge in [0.1, 0.15) is 12.4 Å². The molecule has 0 fully saturated rings. The zero-order chi connectivity index (χ0) is 21.3. The fourth-order valence-corrected chi connectivity index (χ4v) is 2.85. The van der Waals surface area contributed by atoms with Crippen LogP contribution >= 0.6 is 11.6 Å². The van der Waals surface area contributed by atoms with Gasteiger partial charge in [0.05, 0.1) is 6.61 Å². The molecule has 7 heteroatoms. The highest BCUT2D eigenvalue weighted by Crippen LogP contribution is 2.17. The second-order valence-electron chi connectivity index (χ2n) is 6.44. The number of nitrogens with one attached hydrogen (secondary N) is 2. The van der Waals surface area contributed by atoms with Crippen molar-refractivity contribution in [2.45, 2.75) is 13.2 Å². The molecule has 0 saturated carbocycles. The molecule has 30 heavy (non-hydrogen) atoms. The molecule has 0 aromatic heterocycles. The van der Waals surface area contributed by atoms with E-state index in [0.29, 0.717) is 35.1 Å². The van der Waals surface area contributed by atoms with Crippen LogP contribution in [0.2, 0.25) is 5.02 Å². The van der Waals surface area contributed by atoms with Crippen molar-refractivity contribution in [3.8, 4) is 5.75 Å². The summed E-state index contributed by atoms with van der Waals surface area (Å²) in [5.41, 5.74) is 7.35. The van der Waals surface area contributed by atoms with Crippen molar-refractivity contribution in [3.05, 3.63) is 100 Å².